The van der Waals surface area contributed by atoms with Crippen molar-refractivity contribution in [3.05, 3.63) is 27.7 Å². The van der Waals surface area contributed by atoms with Gasteiger partial charge in [0.15, 0.2) is 0 Å². The Morgan fingerprint density at radius 1 is 1.59 bits per heavy atom. The highest BCUT2D eigenvalue weighted by Gasteiger charge is 2.19. The van der Waals surface area contributed by atoms with Crippen molar-refractivity contribution in [1.29, 1.82) is 0 Å². The number of hydrogen-bond acceptors (Lipinski definition) is 2. The van der Waals surface area contributed by atoms with Crippen molar-refractivity contribution < 1.29 is 4.79 Å². The van der Waals surface area contributed by atoms with Gasteiger partial charge in [0, 0.05) is 10.2 Å². The highest BCUT2D eigenvalue weighted by molar-refractivity contribution is 9.10. The summed E-state index contributed by atoms with van der Waals surface area (Å²) in [6.07, 6.45) is 0.871. The van der Waals surface area contributed by atoms with Crippen LogP contribution in [0.3, 0.4) is 0 Å². The molecule has 0 bridgehead atoms. The smallest absolute Gasteiger partial charge is 0.241 e. The van der Waals surface area contributed by atoms with Gasteiger partial charge in [-0.2, -0.15) is 0 Å². The van der Waals surface area contributed by atoms with Gasteiger partial charge < -0.3 is 11.1 Å². The van der Waals surface area contributed by atoms with Crippen molar-refractivity contribution in [2.75, 3.05) is 5.32 Å². The van der Waals surface area contributed by atoms with Crippen LogP contribution in [-0.2, 0) is 4.79 Å². The fraction of sp³-hybridized carbons (Fsp3) is 0.417. The third-order valence-electron chi connectivity index (χ3n) is 2.75. The maximum Gasteiger partial charge on any atom is 0.241 e. The van der Waals surface area contributed by atoms with Crippen LogP contribution in [0.2, 0.25) is 5.02 Å². The zero-order valence-electron chi connectivity index (χ0n) is 9.84. The predicted octanol–water partition coefficient (Wildman–Crippen LogP) is 3.41. The second-order valence-electron chi connectivity index (χ2n) is 4.03. The van der Waals surface area contributed by atoms with Gasteiger partial charge in [0.05, 0.1) is 11.1 Å². The molecule has 2 atom stereocenters. The number of carbonyl (C=O) groups is 1. The molecule has 1 rings (SSSR count). The Balaban J connectivity index is 2.71. The average molecular weight is 320 g/mol. The van der Waals surface area contributed by atoms with Crippen LogP contribution in [0.5, 0.6) is 0 Å². The first-order valence-electron chi connectivity index (χ1n) is 5.47. The molecule has 0 aliphatic heterocycles. The largest absolute Gasteiger partial charge is 0.325 e. The van der Waals surface area contributed by atoms with Crippen LogP contribution in [0.4, 0.5) is 5.69 Å². The zero-order chi connectivity index (χ0) is 13.0. The van der Waals surface area contributed by atoms with Gasteiger partial charge in [-0.1, -0.05) is 31.9 Å². The van der Waals surface area contributed by atoms with E-state index in [1.807, 2.05) is 13.8 Å². The van der Waals surface area contributed by atoms with Gasteiger partial charge in [-0.15, -0.1) is 0 Å². The van der Waals surface area contributed by atoms with Crippen molar-refractivity contribution in [3.63, 3.8) is 0 Å². The van der Waals surface area contributed by atoms with Gasteiger partial charge in [0.1, 0.15) is 0 Å². The second-order valence-corrected chi connectivity index (χ2v) is 5.29. The van der Waals surface area contributed by atoms with E-state index >= 15 is 0 Å². The van der Waals surface area contributed by atoms with Gasteiger partial charge in [0.2, 0.25) is 5.91 Å². The number of amides is 1. The number of rotatable bonds is 4. The summed E-state index contributed by atoms with van der Waals surface area (Å²) in [6.45, 7) is 3.97. The number of benzene rings is 1. The van der Waals surface area contributed by atoms with E-state index in [1.165, 1.54) is 0 Å². The van der Waals surface area contributed by atoms with Gasteiger partial charge in [-0.3, -0.25) is 4.79 Å². The highest BCUT2D eigenvalue weighted by Crippen LogP contribution is 2.25. The molecule has 3 nitrogen and oxygen atoms in total. The van der Waals surface area contributed by atoms with E-state index in [0.29, 0.717) is 10.7 Å². The lowest BCUT2D eigenvalue weighted by atomic mass is 9.99. The molecule has 0 radical (unpaired) electrons. The van der Waals surface area contributed by atoms with Crippen LogP contribution >= 0.6 is 27.5 Å². The van der Waals surface area contributed by atoms with Gasteiger partial charge in [-0.05, 0) is 40.0 Å². The molecule has 0 saturated heterocycles. The first kappa shape index (κ1) is 14.5. The first-order valence-corrected chi connectivity index (χ1v) is 6.64. The SMILES string of the molecule is CCC(C)[C@H](N)C(=O)Nc1ccc(Br)c(Cl)c1. The lowest BCUT2D eigenvalue weighted by molar-refractivity contribution is -0.118. The molecule has 0 spiro atoms. The van der Waals surface area contributed by atoms with E-state index in [0.717, 1.165) is 10.9 Å². The average Bonchev–Trinajstić information content (AvgIpc) is 2.31. The summed E-state index contributed by atoms with van der Waals surface area (Å²) in [5, 5.41) is 3.31. The molecule has 0 fully saturated rings. The number of hydrogen-bond donors (Lipinski definition) is 2. The van der Waals surface area contributed by atoms with Crippen molar-refractivity contribution in [2.24, 2.45) is 11.7 Å². The van der Waals surface area contributed by atoms with E-state index in [1.54, 1.807) is 18.2 Å². The minimum Gasteiger partial charge on any atom is -0.325 e. The number of carbonyl (C=O) groups excluding carboxylic acids is 1. The van der Waals surface area contributed by atoms with E-state index in [4.69, 9.17) is 17.3 Å². The molecule has 94 valence electrons. The van der Waals surface area contributed by atoms with Crippen molar-refractivity contribution in [3.8, 4) is 0 Å². The topological polar surface area (TPSA) is 55.1 Å². The standard InChI is InChI=1S/C12H16BrClN2O/c1-3-7(2)11(15)12(17)16-8-4-5-9(13)10(14)6-8/h4-7,11H,3,15H2,1-2H3,(H,16,17)/t7?,11-/m0/s1. The molecular weight excluding hydrogens is 304 g/mol. The fourth-order valence-corrected chi connectivity index (χ4v) is 1.74. The van der Waals surface area contributed by atoms with Crippen molar-refractivity contribution in [1.82, 2.24) is 0 Å². The molecule has 3 N–H and O–H groups in total. The number of nitrogens with one attached hydrogen (secondary N) is 1. The molecule has 0 aliphatic carbocycles. The lowest BCUT2D eigenvalue weighted by Gasteiger charge is -2.17. The van der Waals surface area contributed by atoms with E-state index < -0.39 is 6.04 Å². The molecule has 1 unspecified atom stereocenters. The summed E-state index contributed by atoms with van der Waals surface area (Å²) >= 11 is 9.23. The van der Waals surface area contributed by atoms with Crippen molar-refractivity contribution in [2.45, 2.75) is 26.3 Å². The normalized spacial score (nSPS) is 14.2. The Kier molecular flexibility index (Phi) is 5.43. The molecule has 1 aromatic carbocycles. The third kappa shape index (κ3) is 3.98. The summed E-state index contributed by atoms with van der Waals surface area (Å²) in [7, 11) is 0. The lowest BCUT2D eigenvalue weighted by Crippen LogP contribution is -2.40. The third-order valence-corrected chi connectivity index (χ3v) is 3.98. The summed E-state index contributed by atoms with van der Waals surface area (Å²) < 4.78 is 0.795. The number of nitrogens with two attached hydrogens (primary N) is 1. The zero-order valence-corrected chi connectivity index (χ0v) is 12.2. The molecule has 0 saturated carbocycles. The quantitative estimate of drug-likeness (QED) is 0.893. The molecule has 0 aromatic heterocycles. The van der Waals surface area contributed by atoms with Crippen LogP contribution in [0.1, 0.15) is 20.3 Å². The maximum absolute atomic E-state index is 11.8. The molecule has 1 aromatic rings. The molecule has 0 heterocycles. The Morgan fingerprint density at radius 3 is 2.76 bits per heavy atom. The van der Waals surface area contributed by atoms with Crippen LogP contribution < -0.4 is 11.1 Å². The number of anilines is 1. The van der Waals surface area contributed by atoms with Crippen LogP contribution in [-0.4, -0.2) is 11.9 Å². The molecular formula is C12H16BrClN2O. The van der Waals surface area contributed by atoms with Gasteiger partial charge in [-0.25, -0.2) is 0 Å². The summed E-state index contributed by atoms with van der Waals surface area (Å²) in [5.41, 5.74) is 6.49. The first-order chi connectivity index (χ1) is 7.95. The molecule has 1 amide bonds. The molecule has 0 aliphatic rings. The highest BCUT2D eigenvalue weighted by atomic mass is 79.9. The van der Waals surface area contributed by atoms with E-state index in [9.17, 15) is 4.79 Å². The minimum atomic E-state index is -0.498. The molecule has 17 heavy (non-hydrogen) atoms. The van der Waals surface area contributed by atoms with Gasteiger partial charge >= 0.3 is 0 Å². The van der Waals surface area contributed by atoms with Gasteiger partial charge in [0.25, 0.3) is 0 Å². The minimum absolute atomic E-state index is 0.154. The summed E-state index contributed by atoms with van der Waals surface area (Å²) in [4.78, 5) is 11.8. The van der Waals surface area contributed by atoms with E-state index in [-0.39, 0.29) is 11.8 Å². The molecule has 5 heteroatoms. The Labute approximate surface area is 115 Å². The Morgan fingerprint density at radius 2 is 2.24 bits per heavy atom. The van der Waals surface area contributed by atoms with E-state index in [2.05, 4.69) is 21.2 Å². The van der Waals surface area contributed by atoms with Crippen LogP contribution in [0.25, 0.3) is 0 Å². The summed E-state index contributed by atoms with van der Waals surface area (Å²) in [5.74, 6) is -0.0290. The van der Waals surface area contributed by atoms with Crippen LogP contribution in [0, 0.1) is 5.92 Å². The maximum atomic E-state index is 11.8. The fourth-order valence-electron chi connectivity index (χ4n) is 1.31. The number of halogens is 2. The Hall–Kier alpha value is -0.580. The monoisotopic (exact) mass is 318 g/mol. The van der Waals surface area contributed by atoms with Crippen molar-refractivity contribution >= 4 is 39.1 Å². The predicted molar refractivity (Wildman–Crippen MR) is 75.2 cm³/mol. The second kappa shape index (κ2) is 6.38. The van der Waals surface area contributed by atoms with Crippen LogP contribution in [0.15, 0.2) is 22.7 Å². The Bertz CT molecular complexity index is 411. The summed E-state index contributed by atoms with van der Waals surface area (Å²) in [6, 6.07) is 4.75.